The Kier molecular flexibility index (Phi) is 3.43. The van der Waals surface area contributed by atoms with Gasteiger partial charge in [-0.2, -0.15) is 5.10 Å². The normalized spacial score (nSPS) is 10.5. The predicted molar refractivity (Wildman–Crippen MR) is 81.6 cm³/mol. The van der Waals surface area contributed by atoms with Crippen molar-refractivity contribution >= 4 is 39.1 Å². The molecule has 3 N–H and O–H groups in total. The number of amides is 1. The molecule has 110 valence electrons. The van der Waals surface area contributed by atoms with Crippen LogP contribution < -0.4 is 10.7 Å². The van der Waals surface area contributed by atoms with Gasteiger partial charge in [0, 0.05) is 10.8 Å². The van der Waals surface area contributed by atoms with Crippen LogP contribution in [0, 0.1) is 0 Å². The summed E-state index contributed by atoms with van der Waals surface area (Å²) in [6.07, 6.45) is 0. The third kappa shape index (κ3) is 2.47. The number of nitrogens with zero attached hydrogens (tertiary/aromatic N) is 1. The zero-order chi connectivity index (χ0) is 15.7. The Morgan fingerprint density at radius 1 is 1.27 bits per heavy atom. The van der Waals surface area contributed by atoms with Crippen molar-refractivity contribution in [1.82, 2.24) is 10.2 Å². The van der Waals surface area contributed by atoms with Crippen molar-refractivity contribution in [2.75, 3.05) is 5.32 Å². The molecule has 0 unspecified atom stereocenters. The number of fused-ring (bicyclic) bond motifs is 1. The number of benzene rings is 1. The Morgan fingerprint density at radius 2 is 2.05 bits per heavy atom. The molecule has 0 spiro atoms. The Labute approximate surface area is 127 Å². The third-order valence-electron chi connectivity index (χ3n) is 2.97. The zero-order valence-electron chi connectivity index (χ0n) is 11.0. The van der Waals surface area contributed by atoms with E-state index in [-0.39, 0.29) is 11.3 Å². The summed E-state index contributed by atoms with van der Waals surface area (Å²) in [5.74, 6) is -1.77. The summed E-state index contributed by atoms with van der Waals surface area (Å²) < 4.78 is 0. The largest absolute Gasteiger partial charge is 0.478 e. The minimum Gasteiger partial charge on any atom is -0.478 e. The molecule has 0 aliphatic heterocycles. The molecule has 0 bridgehead atoms. The molecule has 0 fully saturated rings. The fourth-order valence-electron chi connectivity index (χ4n) is 1.91. The highest BCUT2D eigenvalue weighted by Crippen LogP contribution is 2.20. The number of H-pyrrole nitrogens is 1. The molecule has 0 aliphatic carbocycles. The van der Waals surface area contributed by atoms with Gasteiger partial charge in [-0.25, -0.2) is 4.79 Å². The van der Waals surface area contributed by atoms with Gasteiger partial charge in [-0.1, -0.05) is 12.1 Å². The van der Waals surface area contributed by atoms with Gasteiger partial charge in [0.05, 0.1) is 16.1 Å². The molecule has 0 atom stereocenters. The molecule has 0 radical (unpaired) electrons. The van der Waals surface area contributed by atoms with Crippen LogP contribution in [-0.4, -0.2) is 27.2 Å². The Morgan fingerprint density at radius 3 is 2.77 bits per heavy atom. The van der Waals surface area contributed by atoms with Gasteiger partial charge in [0.15, 0.2) is 5.69 Å². The number of thiophene rings is 1. The van der Waals surface area contributed by atoms with Gasteiger partial charge in [0.2, 0.25) is 5.43 Å². The monoisotopic (exact) mass is 315 g/mol. The van der Waals surface area contributed by atoms with E-state index >= 15 is 0 Å². The number of hydrogen-bond donors (Lipinski definition) is 3. The third-order valence-corrected chi connectivity index (χ3v) is 3.82. The molecule has 0 saturated heterocycles. The predicted octanol–water partition coefficient (Wildman–Crippen LogP) is 1.94. The second kappa shape index (κ2) is 5.41. The van der Waals surface area contributed by atoms with E-state index < -0.39 is 17.3 Å². The van der Waals surface area contributed by atoms with E-state index in [2.05, 4.69) is 15.5 Å². The van der Waals surface area contributed by atoms with Crippen LogP contribution in [0.1, 0.15) is 20.8 Å². The highest BCUT2D eigenvalue weighted by molar-refractivity contribution is 7.14. The van der Waals surface area contributed by atoms with E-state index in [4.69, 9.17) is 5.11 Å². The highest BCUT2D eigenvalue weighted by atomic mass is 32.1. The number of aromatic nitrogens is 2. The Bertz CT molecular complexity index is 944. The molecule has 8 heteroatoms. The lowest BCUT2D eigenvalue weighted by molar-refractivity contribution is 0.0697. The summed E-state index contributed by atoms with van der Waals surface area (Å²) in [6, 6.07) is 8.04. The number of carbonyl (C=O) groups excluding carboxylic acids is 1. The zero-order valence-corrected chi connectivity index (χ0v) is 11.8. The summed E-state index contributed by atoms with van der Waals surface area (Å²) in [5, 5.41) is 19.8. The number of rotatable bonds is 3. The van der Waals surface area contributed by atoms with E-state index in [0.717, 1.165) is 11.3 Å². The topological polar surface area (TPSA) is 112 Å². The van der Waals surface area contributed by atoms with E-state index in [1.54, 1.807) is 24.3 Å². The second-order valence-corrected chi connectivity index (χ2v) is 5.32. The quantitative estimate of drug-likeness (QED) is 0.683. The van der Waals surface area contributed by atoms with Crippen LogP contribution in [0.25, 0.3) is 10.9 Å². The first-order valence-corrected chi connectivity index (χ1v) is 7.05. The van der Waals surface area contributed by atoms with Gasteiger partial charge in [-0.05, 0) is 18.2 Å². The van der Waals surface area contributed by atoms with Crippen LogP contribution >= 0.6 is 11.3 Å². The average Bonchev–Trinajstić information content (AvgIpc) is 2.96. The van der Waals surface area contributed by atoms with Gasteiger partial charge in [0.25, 0.3) is 5.91 Å². The summed E-state index contributed by atoms with van der Waals surface area (Å²) in [4.78, 5) is 35.2. The number of aromatic carboxylic acids is 1. The van der Waals surface area contributed by atoms with Crippen molar-refractivity contribution in [1.29, 1.82) is 0 Å². The van der Waals surface area contributed by atoms with Crippen LogP contribution in [0.2, 0.25) is 0 Å². The first-order valence-electron chi connectivity index (χ1n) is 6.17. The lowest BCUT2D eigenvalue weighted by Crippen LogP contribution is -2.24. The van der Waals surface area contributed by atoms with Crippen LogP contribution in [0.5, 0.6) is 0 Å². The minimum absolute atomic E-state index is 0.0701. The maximum Gasteiger partial charge on any atom is 0.336 e. The number of para-hydroxylation sites is 1. The summed E-state index contributed by atoms with van der Waals surface area (Å²) in [6.45, 7) is 0. The number of carbonyl (C=O) groups is 2. The number of carboxylic acids is 1. The summed E-state index contributed by atoms with van der Waals surface area (Å²) in [7, 11) is 0. The first kappa shape index (κ1) is 14.0. The first-order chi connectivity index (χ1) is 10.6. The summed E-state index contributed by atoms with van der Waals surface area (Å²) in [5.41, 5.74) is -0.153. The number of hydrogen-bond acceptors (Lipinski definition) is 5. The molecule has 22 heavy (non-hydrogen) atoms. The minimum atomic E-state index is -1.08. The Balaban J connectivity index is 1.93. The second-order valence-electron chi connectivity index (χ2n) is 4.41. The SMILES string of the molecule is O=C(O)c1csc(NC(=O)c2n[nH]c3ccccc3c2=O)c1. The van der Waals surface area contributed by atoms with Gasteiger partial charge in [-0.15, -0.1) is 11.3 Å². The van der Waals surface area contributed by atoms with Crippen molar-refractivity contribution in [2.45, 2.75) is 0 Å². The summed E-state index contributed by atoms with van der Waals surface area (Å²) >= 11 is 1.06. The van der Waals surface area contributed by atoms with Crippen molar-refractivity contribution in [3.63, 3.8) is 0 Å². The molecule has 2 aromatic heterocycles. The van der Waals surface area contributed by atoms with Crippen molar-refractivity contribution < 1.29 is 14.7 Å². The molecule has 7 nitrogen and oxygen atoms in total. The molecule has 0 aliphatic rings. The van der Waals surface area contributed by atoms with Crippen molar-refractivity contribution in [2.24, 2.45) is 0 Å². The van der Waals surface area contributed by atoms with E-state index in [0.29, 0.717) is 15.9 Å². The molecule has 0 saturated carbocycles. The lowest BCUT2D eigenvalue weighted by Gasteiger charge is -2.02. The van der Waals surface area contributed by atoms with Crippen LogP contribution in [0.15, 0.2) is 40.5 Å². The molecular weight excluding hydrogens is 306 g/mol. The molecule has 2 heterocycles. The highest BCUT2D eigenvalue weighted by Gasteiger charge is 2.16. The number of carboxylic acid groups (broad SMARTS) is 1. The van der Waals surface area contributed by atoms with Gasteiger partial charge in [0.1, 0.15) is 0 Å². The molecule has 1 aromatic carbocycles. The maximum atomic E-state index is 12.2. The van der Waals surface area contributed by atoms with E-state index in [9.17, 15) is 14.4 Å². The van der Waals surface area contributed by atoms with Gasteiger partial charge >= 0.3 is 5.97 Å². The number of aromatic amines is 1. The molecular formula is C14H9N3O4S. The maximum absolute atomic E-state index is 12.2. The fourth-order valence-corrected chi connectivity index (χ4v) is 2.68. The standard InChI is InChI=1S/C14H9N3O4S/c18-12-8-3-1-2-4-9(8)16-17-11(12)13(19)15-10-5-7(6-22-10)14(20)21/h1-6H,(H,15,19)(H,16,18)(H,20,21). The lowest BCUT2D eigenvalue weighted by atomic mass is 10.2. The van der Waals surface area contributed by atoms with E-state index in [1.807, 2.05) is 0 Å². The van der Waals surface area contributed by atoms with Crippen LogP contribution in [0.3, 0.4) is 0 Å². The van der Waals surface area contributed by atoms with Crippen molar-refractivity contribution in [3.05, 3.63) is 57.2 Å². The van der Waals surface area contributed by atoms with Crippen molar-refractivity contribution in [3.8, 4) is 0 Å². The Hall–Kier alpha value is -3.00. The molecule has 3 rings (SSSR count). The fraction of sp³-hybridized carbons (Fsp3) is 0. The number of anilines is 1. The molecule has 1 amide bonds. The van der Waals surface area contributed by atoms with Crippen LogP contribution in [0.4, 0.5) is 5.00 Å². The van der Waals surface area contributed by atoms with E-state index in [1.165, 1.54) is 11.4 Å². The average molecular weight is 315 g/mol. The van der Waals surface area contributed by atoms with Gasteiger partial charge in [-0.3, -0.25) is 14.7 Å². The number of nitrogens with one attached hydrogen (secondary N) is 2. The van der Waals surface area contributed by atoms with Crippen LogP contribution in [-0.2, 0) is 0 Å². The molecule has 3 aromatic rings. The van der Waals surface area contributed by atoms with Gasteiger partial charge < -0.3 is 10.4 Å². The smallest absolute Gasteiger partial charge is 0.336 e.